The second kappa shape index (κ2) is 4.92. The molecule has 0 spiro atoms. The van der Waals surface area contributed by atoms with Gasteiger partial charge in [0.15, 0.2) is 0 Å². The third kappa shape index (κ3) is 2.48. The van der Waals surface area contributed by atoms with Crippen LogP contribution in [0.4, 0.5) is 0 Å². The Bertz CT molecular complexity index is 493. The second-order valence-electron chi connectivity index (χ2n) is 3.53. The zero-order valence-corrected chi connectivity index (χ0v) is 9.79. The van der Waals surface area contributed by atoms with E-state index in [-0.39, 0.29) is 0 Å². The lowest BCUT2D eigenvalue weighted by molar-refractivity contribution is 0.698. The Kier molecular flexibility index (Phi) is 3.34. The number of hydrogen-bond donors (Lipinski definition) is 1. The molecule has 0 aliphatic heterocycles. The lowest BCUT2D eigenvalue weighted by Gasteiger charge is -1.99. The molecule has 0 amide bonds. The highest BCUT2D eigenvalue weighted by Gasteiger charge is 2.01. The maximum absolute atomic E-state index is 8.81. The number of thiazole rings is 1. The van der Waals surface area contributed by atoms with Gasteiger partial charge in [-0.15, -0.1) is 11.3 Å². The van der Waals surface area contributed by atoms with Gasteiger partial charge in [0.1, 0.15) is 11.8 Å². The van der Waals surface area contributed by atoms with Crippen LogP contribution in [0.15, 0.2) is 24.0 Å². The molecule has 0 aliphatic carbocycles. The fourth-order valence-electron chi connectivity index (χ4n) is 1.50. The molecule has 0 radical (unpaired) electrons. The van der Waals surface area contributed by atoms with E-state index >= 15 is 0 Å². The van der Waals surface area contributed by atoms with Crippen molar-refractivity contribution in [1.29, 1.82) is 5.26 Å². The smallest absolute Gasteiger partial charge is 0.120 e. The summed E-state index contributed by atoms with van der Waals surface area (Å²) in [5.41, 5.74) is 3.64. The molecule has 2 aromatic rings. The van der Waals surface area contributed by atoms with Crippen molar-refractivity contribution in [2.75, 3.05) is 0 Å². The van der Waals surface area contributed by atoms with Crippen molar-refractivity contribution in [1.82, 2.24) is 14.9 Å². The average molecular weight is 232 g/mol. The Balaban J connectivity index is 1.88. The molecule has 0 aliphatic rings. The molecule has 0 bridgehead atoms. The molecule has 2 heterocycles. The van der Waals surface area contributed by atoms with Crippen molar-refractivity contribution in [3.05, 3.63) is 40.1 Å². The summed E-state index contributed by atoms with van der Waals surface area (Å²) in [5, 5.41) is 12.1. The molecule has 2 aromatic heterocycles. The highest BCUT2D eigenvalue weighted by molar-refractivity contribution is 7.09. The quantitative estimate of drug-likeness (QED) is 0.872. The van der Waals surface area contributed by atoms with Crippen LogP contribution in [0, 0.1) is 11.3 Å². The van der Waals surface area contributed by atoms with Crippen LogP contribution in [0.5, 0.6) is 0 Å². The third-order valence-electron chi connectivity index (χ3n) is 2.29. The second-order valence-corrected chi connectivity index (χ2v) is 4.50. The molecule has 1 N–H and O–H groups in total. The van der Waals surface area contributed by atoms with Crippen LogP contribution in [0.2, 0.25) is 0 Å². The summed E-state index contributed by atoms with van der Waals surface area (Å²) < 4.78 is 1.84. The number of hydrogen-bond acceptors (Lipinski definition) is 4. The van der Waals surface area contributed by atoms with Crippen LogP contribution in [-0.4, -0.2) is 9.55 Å². The topological polar surface area (TPSA) is 53.6 Å². The molecule has 0 fully saturated rings. The van der Waals surface area contributed by atoms with Gasteiger partial charge in [0.25, 0.3) is 0 Å². The van der Waals surface area contributed by atoms with Gasteiger partial charge in [-0.1, -0.05) is 0 Å². The van der Waals surface area contributed by atoms with E-state index in [2.05, 4.69) is 16.4 Å². The van der Waals surface area contributed by atoms with Crippen molar-refractivity contribution in [2.45, 2.75) is 13.1 Å². The standard InChI is InChI=1S/C11H12N4S/c1-15-7-9(2-10(15)3-12)4-13-5-11-6-14-8-16-11/h2,6-8,13H,4-5H2,1H3. The number of nitriles is 1. The predicted molar refractivity (Wildman–Crippen MR) is 62.8 cm³/mol. The van der Waals surface area contributed by atoms with Gasteiger partial charge in [-0.3, -0.25) is 4.98 Å². The lowest BCUT2D eigenvalue weighted by atomic mass is 10.3. The van der Waals surface area contributed by atoms with Gasteiger partial charge in [-0.25, -0.2) is 0 Å². The van der Waals surface area contributed by atoms with Crippen molar-refractivity contribution < 1.29 is 0 Å². The minimum atomic E-state index is 0.689. The Labute approximate surface area is 98.2 Å². The van der Waals surface area contributed by atoms with Crippen molar-refractivity contribution in [3.8, 4) is 6.07 Å². The third-order valence-corrected chi connectivity index (χ3v) is 3.07. The summed E-state index contributed by atoms with van der Waals surface area (Å²) in [7, 11) is 1.88. The summed E-state index contributed by atoms with van der Waals surface area (Å²) in [6.45, 7) is 1.59. The monoisotopic (exact) mass is 232 g/mol. The summed E-state index contributed by atoms with van der Waals surface area (Å²) in [4.78, 5) is 5.23. The number of aryl methyl sites for hydroxylation is 1. The molecule has 16 heavy (non-hydrogen) atoms. The number of nitrogens with zero attached hydrogens (tertiary/aromatic N) is 3. The first-order chi connectivity index (χ1) is 7.79. The highest BCUT2D eigenvalue weighted by Crippen LogP contribution is 2.07. The minimum Gasteiger partial charge on any atom is -0.342 e. The molecule has 82 valence electrons. The van der Waals surface area contributed by atoms with Gasteiger partial charge >= 0.3 is 0 Å². The molecule has 0 aromatic carbocycles. The van der Waals surface area contributed by atoms with Gasteiger partial charge in [0.2, 0.25) is 0 Å². The zero-order valence-electron chi connectivity index (χ0n) is 8.97. The molecule has 4 nitrogen and oxygen atoms in total. The summed E-state index contributed by atoms with van der Waals surface area (Å²) >= 11 is 1.64. The minimum absolute atomic E-state index is 0.689. The zero-order chi connectivity index (χ0) is 11.4. The molecule has 5 heteroatoms. The first kappa shape index (κ1) is 10.9. The van der Waals surface area contributed by atoms with Gasteiger partial charge in [-0.2, -0.15) is 5.26 Å². The van der Waals surface area contributed by atoms with Crippen molar-refractivity contribution >= 4 is 11.3 Å². The fraction of sp³-hybridized carbons (Fsp3) is 0.273. The molecular formula is C11H12N4S. The van der Waals surface area contributed by atoms with E-state index in [0.717, 1.165) is 18.7 Å². The molecule has 0 atom stereocenters. The predicted octanol–water partition coefficient (Wildman–Crippen LogP) is 1.64. The molecular weight excluding hydrogens is 220 g/mol. The van der Waals surface area contributed by atoms with E-state index in [1.165, 1.54) is 4.88 Å². The average Bonchev–Trinajstić information content (AvgIpc) is 2.88. The van der Waals surface area contributed by atoms with Crippen LogP contribution < -0.4 is 5.32 Å². The lowest BCUT2D eigenvalue weighted by Crippen LogP contribution is -2.11. The highest BCUT2D eigenvalue weighted by atomic mass is 32.1. The number of rotatable bonds is 4. The van der Waals surface area contributed by atoms with Gasteiger partial charge in [0, 0.05) is 37.4 Å². The number of aromatic nitrogens is 2. The Morgan fingerprint density at radius 2 is 2.44 bits per heavy atom. The first-order valence-corrected chi connectivity index (χ1v) is 5.81. The van der Waals surface area contributed by atoms with Gasteiger partial charge in [0.05, 0.1) is 5.51 Å². The Morgan fingerprint density at radius 1 is 1.56 bits per heavy atom. The normalized spacial score (nSPS) is 10.2. The first-order valence-electron chi connectivity index (χ1n) is 4.93. The fourth-order valence-corrected chi connectivity index (χ4v) is 2.06. The largest absolute Gasteiger partial charge is 0.342 e. The Morgan fingerprint density at radius 3 is 3.06 bits per heavy atom. The molecule has 2 rings (SSSR count). The van der Waals surface area contributed by atoms with E-state index in [4.69, 9.17) is 5.26 Å². The van der Waals surface area contributed by atoms with Gasteiger partial charge < -0.3 is 9.88 Å². The van der Waals surface area contributed by atoms with Crippen molar-refractivity contribution in [3.63, 3.8) is 0 Å². The van der Waals surface area contributed by atoms with Crippen LogP contribution >= 0.6 is 11.3 Å². The van der Waals surface area contributed by atoms with Crippen LogP contribution in [-0.2, 0) is 20.1 Å². The van der Waals surface area contributed by atoms with E-state index in [0.29, 0.717) is 5.69 Å². The summed E-state index contributed by atoms with van der Waals surface area (Å²) in [6, 6.07) is 4.05. The van der Waals surface area contributed by atoms with Crippen LogP contribution in [0.1, 0.15) is 16.1 Å². The van der Waals surface area contributed by atoms with Crippen molar-refractivity contribution in [2.24, 2.45) is 7.05 Å². The molecule has 0 saturated carbocycles. The summed E-state index contributed by atoms with van der Waals surface area (Å²) in [6.07, 6.45) is 3.83. The van der Waals surface area contributed by atoms with Crippen LogP contribution in [0.3, 0.4) is 0 Å². The van der Waals surface area contributed by atoms with E-state index in [1.54, 1.807) is 11.3 Å². The molecule has 0 saturated heterocycles. The maximum atomic E-state index is 8.81. The number of nitrogens with one attached hydrogen (secondary N) is 1. The SMILES string of the molecule is Cn1cc(CNCc2cncs2)cc1C#N. The van der Waals surface area contributed by atoms with Crippen LogP contribution in [0.25, 0.3) is 0 Å². The van der Waals surface area contributed by atoms with E-state index in [9.17, 15) is 0 Å². The van der Waals surface area contributed by atoms with E-state index < -0.39 is 0 Å². The maximum Gasteiger partial charge on any atom is 0.120 e. The van der Waals surface area contributed by atoms with Gasteiger partial charge in [-0.05, 0) is 11.6 Å². The molecule has 0 unspecified atom stereocenters. The van der Waals surface area contributed by atoms with E-state index in [1.807, 2.05) is 35.6 Å². The summed E-state index contributed by atoms with van der Waals surface area (Å²) in [5.74, 6) is 0. The Hall–Kier alpha value is -1.64.